The minimum absolute atomic E-state index is 0.479. The van der Waals surface area contributed by atoms with E-state index in [4.69, 9.17) is 4.42 Å². The van der Waals surface area contributed by atoms with Crippen LogP contribution < -0.4 is 0 Å². The molecule has 0 radical (unpaired) electrons. The zero-order valence-corrected chi connectivity index (χ0v) is 13.7. The normalized spacial score (nSPS) is 19.2. The maximum absolute atomic E-state index is 5.64. The first-order valence-corrected chi connectivity index (χ1v) is 8.81. The Balaban J connectivity index is 1.45. The van der Waals surface area contributed by atoms with Gasteiger partial charge in [-0.25, -0.2) is 9.97 Å². The van der Waals surface area contributed by atoms with E-state index in [9.17, 15) is 0 Å². The second kappa shape index (κ2) is 6.64. The van der Waals surface area contributed by atoms with Crippen LogP contribution in [0.1, 0.15) is 25.0 Å². The largest absolute Gasteiger partial charge is 0.444 e. The van der Waals surface area contributed by atoms with Crippen LogP contribution in [-0.2, 0) is 13.1 Å². The average molecular weight is 329 g/mol. The van der Waals surface area contributed by atoms with E-state index in [0.29, 0.717) is 6.04 Å². The van der Waals surface area contributed by atoms with Crippen molar-refractivity contribution in [3.05, 3.63) is 42.1 Å². The highest BCUT2D eigenvalue weighted by Crippen LogP contribution is 2.25. The van der Waals surface area contributed by atoms with Crippen LogP contribution in [0.25, 0.3) is 10.8 Å². The van der Waals surface area contributed by atoms with Crippen LogP contribution in [0.2, 0.25) is 0 Å². The lowest BCUT2D eigenvalue weighted by atomic mass is 10.0. The minimum Gasteiger partial charge on any atom is -0.444 e. The number of thiophene rings is 1. The molecule has 0 amide bonds. The van der Waals surface area contributed by atoms with Gasteiger partial charge in [-0.05, 0) is 30.8 Å². The van der Waals surface area contributed by atoms with Crippen molar-refractivity contribution in [1.29, 1.82) is 0 Å². The molecule has 120 valence electrons. The molecule has 1 aliphatic rings. The number of rotatable bonds is 5. The fourth-order valence-corrected chi connectivity index (χ4v) is 3.77. The molecule has 1 fully saturated rings. The van der Waals surface area contributed by atoms with Crippen molar-refractivity contribution in [3.63, 3.8) is 0 Å². The molecule has 6 nitrogen and oxygen atoms in total. The molecule has 0 spiro atoms. The predicted octanol–water partition coefficient (Wildman–Crippen LogP) is 3.05. The zero-order chi connectivity index (χ0) is 15.5. The predicted molar refractivity (Wildman–Crippen MR) is 87.9 cm³/mol. The lowest BCUT2D eigenvalue weighted by Crippen LogP contribution is -2.41. The summed E-state index contributed by atoms with van der Waals surface area (Å²) in [5.74, 6) is 0.722. The molecule has 1 atom stereocenters. The third-order valence-corrected chi connectivity index (χ3v) is 5.12. The third-order valence-electron chi connectivity index (χ3n) is 4.26. The standard InChI is InChI=1S/C16H19N5OS/c1-2-6-20(14(4-1)9-21-12-17-11-18-21)8-13-10-22-16(19-13)15-5-3-7-23-15/h3,5,7,10-12,14H,1-2,4,6,8-9H2/t14-/m0/s1. The summed E-state index contributed by atoms with van der Waals surface area (Å²) < 4.78 is 7.56. The monoisotopic (exact) mass is 329 g/mol. The van der Waals surface area contributed by atoms with Crippen LogP contribution >= 0.6 is 11.3 Å². The smallest absolute Gasteiger partial charge is 0.236 e. The molecule has 1 saturated heterocycles. The van der Waals surface area contributed by atoms with Crippen LogP contribution in [0.15, 0.2) is 40.8 Å². The first-order chi connectivity index (χ1) is 11.4. The molecular weight excluding hydrogens is 310 g/mol. The van der Waals surface area contributed by atoms with Gasteiger partial charge in [-0.3, -0.25) is 9.58 Å². The van der Waals surface area contributed by atoms with Gasteiger partial charge in [0, 0.05) is 12.6 Å². The molecule has 0 N–H and O–H groups in total. The fourth-order valence-electron chi connectivity index (χ4n) is 3.12. The van der Waals surface area contributed by atoms with Crippen molar-refractivity contribution in [2.24, 2.45) is 0 Å². The lowest BCUT2D eigenvalue weighted by molar-refractivity contribution is 0.120. The summed E-state index contributed by atoms with van der Waals surface area (Å²) >= 11 is 1.65. The van der Waals surface area contributed by atoms with Gasteiger partial charge in [0.1, 0.15) is 18.9 Å². The van der Waals surface area contributed by atoms with Gasteiger partial charge >= 0.3 is 0 Å². The fraction of sp³-hybridized carbons (Fsp3) is 0.438. The molecule has 1 aliphatic heterocycles. The molecule has 0 unspecified atom stereocenters. The highest BCUT2D eigenvalue weighted by Gasteiger charge is 2.24. The number of hydrogen-bond donors (Lipinski definition) is 0. The summed E-state index contributed by atoms with van der Waals surface area (Å²) in [4.78, 5) is 12.2. The Hall–Kier alpha value is -1.99. The molecule has 23 heavy (non-hydrogen) atoms. The van der Waals surface area contributed by atoms with Crippen molar-refractivity contribution in [1.82, 2.24) is 24.6 Å². The second-order valence-electron chi connectivity index (χ2n) is 5.86. The van der Waals surface area contributed by atoms with Crippen LogP contribution in [0.3, 0.4) is 0 Å². The van der Waals surface area contributed by atoms with E-state index >= 15 is 0 Å². The molecule has 3 aromatic heterocycles. The first-order valence-electron chi connectivity index (χ1n) is 7.93. The van der Waals surface area contributed by atoms with E-state index in [1.807, 2.05) is 22.2 Å². The summed E-state index contributed by atoms with van der Waals surface area (Å²) in [5.41, 5.74) is 0.999. The first kappa shape index (κ1) is 14.6. The average Bonchev–Trinajstić information content (AvgIpc) is 3.31. The van der Waals surface area contributed by atoms with Crippen molar-refractivity contribution in [2.75, 3.05) is 6.54 Å². The van der Waals surface area contributed by atoms with E-state index < -0.39 is 0 Å². The molecule has 4 rings (SSSR count). The van der Waals surface area contributed by atoms with Crippen LogP contribution in [0.5, 0.6) is 0 Å². The highest BCUT2D eigenvalue weighted by molar-refractivity contribution is 7.13. The molecule has 3 aromatic rings. The molecule has 0 bridgehead atoms. The van der Waals surface area contributed by atoms with Gasteiger partial charge in [-0.2, -0.15) is 5.10 Å². The Labute approximate surface area is 138 Å². The summed E-state index contributed by atoms with van der Waals surface area (Å²) in [6.45, 7) is 2.81. The Kier molecular flexibility index (Phi) is 4.21. The van der Waals surface area contributed by atoms with Crippen LogP contribution in [0, 0.1) is 0 Å². The van der Waals surface area contributed by atoms with Gasteiger partial charge < -0.3 is 4.42 Å². The van der Waals surface area contributed by atoms with Crippen molar-refractivity contribution in [3.8, 4) is 10.8 Å². The number of piperidine rings is 1. The van der Waals surface area contributed by atoms with E-state index in [-0.39, 0.29) is 0 Å². The number of nitrogens with zero attached hydrogens (tertiary/aromatic N) is 5. The molecular formula is C16H19N5OS. The Morgan fingerprint density at radius 2 is 2.35 bits per heavy atom. The summed E-state index contributed by atoms with van der Waals surface area (Å²) in [7, 11) is 0. The maximum Gasteiger partial charge on any atom is 0.236 e. The Bertz CT molecular complexity index is 722. The quantitative estimate of drug-likeness (QED) is 0.720. The topological polar surface area (TPSA) is 60.0 Å². The lowest BCUT2D eigenvalue weighted by Gasteiger charge is -2.34. The Morgan fingerprint density at radius 1 is 1.35 bits per heavy atom. The van der Waals surface area contributed by atoms with Crippen LogP contribution in [-0.4, -0.2) is 37.2 Å². The van der Waals surface area contributed by atoms with Crippen molar-refractivity contribution in [2.45, 2.75) is 38.4 Å². The highest BCUT2D eigenvalue weighted by atomic mass is 32.1. The SMILES string of the molecule is c1csc(-c2nc(CN3CCCC[C@H]3Cn3cncn3)co2)c1. The van der Waals surface area contributed by atoms with E-state index in [2.05, 4.69) is 20.0 Å². The van der Waals surface area contributed by atoms with E-state index in [1.165, 1.54) is 19.3 Å². The second-order valence-corrected chi connectivity index (χ2v) is 6.81. The molecule has 4 heterocycles. The molecule has 0 aliphatic carbocycles. The van der Waals surface area contributed by atoms with Gasteiger partial charge in [0.2, 0.25) is 5.89 Å². The van der Waals surface area contributed by atoms with Gasteiger partial charge in [0.25, 0.3) is 0 Å². The third kappa shape index (κ3) is 3.35. The number of oxazole rings is 1. The van der Waals surface area contributed by atoms with Gasteiger partial charge in [0.05, 0.1) is 17.1 Å². The molecule has 7 heteroatoms. The van der Waals surface area contributed by atoms with Gasteiger partial charge in [-0.15, -0.1) is 11.3 Å². The number of hydrogen-bond acceptors (Lipinski definition) is 6. The van der Waals surface area contributed by atoms with Gasteiger partial charge in [-0.1, -0.05) is 12.5 Å². The molecule has 0 saturated carbocycles. The summed E-state index contributed by atoms with van der Waals surface area (Å²) in [5, 5.41) is 6.28. The maximum atomic E-state index is 5.64. The van der Waals surface area contributed by atoms with E-state index in [0.717, 1.165) is 36.1 Å². The van der Waals surface area contributed by atoms with E-state index in [1.54, 1.807) is 30.3 Å². The molecule has 0 aromatic carbocycles. The van der Waals surface area contributed by atoms with Crippen molar-refractivity contribution >= 4 is 11.3 Å². The number of likely N-dealkylation sites (tertiary alicyclic amines) is 1. The Morgan fingerprint density at radius 3 is 3.17 bits per heavy atom. The number of aromatic nitrogens is 4. The minimum atomic E-state index is 0.479. The zero-order valence-electron chi connectivity index (χ0n) is 12.8. The summed E-state index contributed by atoms with van der Waals surface area (Å²) in [6, 6.07) is 4.53. The van der Waals surface area contributed by atoms with Crippen molar-refractivity contribution < 1.29 is 4.42 Å². The van der Waals surface area contributed by atoms with Crippen LogP contribution in [0.4, 0.5) is 0 Å². The van der Waals surface area contributed by atoms with Gasteiger partial charge in [0.15, 0.2) is 0 Å². The summed E-state index contributed by atoms with van der Waals surface area (Å²) in [6.07, 6.45) is 8.88.